The van der Waals surface area contributed by atoms with Gasteiger partial charge in [-0.05, 0) is 31.2 Å². The van der Waals surface area contributed by atoms with Gasteiger partial charge in [-0.3, -0.25) is 5.32 Å². The standard InChI is InChI=1S/C16H16N4O4/c1-3-24-16(22)19-11-4-6-12(7-5-11)20-9-10(8-17)13(18)14(20)15(21)23-2/h4-7,9H,3,18H2,1-2H3,(H,19,22). The van der Waals surface area contributed by atoms with Crippen LogP contribution in [0.25, 0.3) is 5.69 Å². The van der Waals surface area contributed by atoms with E-state index in [1.165, 1.54) is 17.9 Å². The smallest absolute Gasteiger partial charge is 0.411 e. The summed E-state index contributed by atoms with van der Waals surface area (Å²) in [6.07, 6.45) is 0.896. The van der Waals surface area contributed by atoms with E-state index in [4.69, 9.17) is 20.5 Å². The van der Waals surface area contributed by atoms with E-state index in [9.17, 15) is 9.59 Å². The highest BCUT2D eigenvalue weighted by atomic mass is 16.5. The second kappa shape index (κ2) is 7.19. The van der Waals surface area contributed by atoms with Crippen molar-refractivity contribution in [3.05, 3.63) is 41.7 Å². The monoisotopic (exact) mass is 328 g/mol. The average molecular weight is 328 g/mol. The lowest BCUT2D eigenvalue weighted by molar-refractivity contribution is 0.0593. The summed E-state index contributed by atoms with van der Waals surface area (Å²) in [7, 11) is 1.23. The quantitative estimate of drug-likeness (QED) is 0.831. The zero-order valence-electron chi connectivity index (χ0n) is 13.2. The fourth-order valence-electron chi connectivity index (χ4n) is 2.11. The molecule has 1 aromatic heterocycles. The van der Waals surface area contributed by atoms with Crippen molar-refractivity contribution in [2.45, 2.75) is 6.92 Å². The van der Waals surface area contributed by atoms with Crippen LogP contribution in [0.4, 0.5) is 16.2 Å². The normalized spacial score (nSPS) is 9.88. The van der Waals surface area contributed by atoms with E-state index in [1.807, 2.05) is 6.07 Å². The van der Waals surface area contributed by atoms with Crippen molar-refractivity contribution in [3.8, 4) is 11.8 Å². The predicted octanol–water partition coefficient (Wildman–Crippen LogP) is 2.29. The van der Waals surface area contributed by atoms with E-state index in [-0.39, 0.29) is 23.6 Å². The van der Waals surface area contributed by atoms with Gasteiger partial charge in [0.15, 0.2) is 5.69 Å². The van der Waals surface area contributed by atoms with Crippen molar-refractivity contribution in [2.75, 3.05) is 24.8 Å². The minimum absolute atomic E-state index is 0.0538. The van der Waals surface area contributed by atoms with Crippen molar-refractivity contribution in [1.29, 1.82) is 5.26 Å². The largest absolute Gasteiger partial charge is 0.464 e. The maximum absolute atomic E-state index is 11.9. The Hall–Kier alpha value is -3.47. The number of carbonyl (C=O) groups excluding carboxylic acids is 2. The molecule has 24 heavy (non-hydrogen) atoms. The predicted molar refractivity (Wildman–Crippen MR) is 86.9 cm³/mol. The third-order valence-corrected chi connectivity index (χ3v) is 3.21. The average Bonchev–Trinajstić information content (AvgIpc) is 2.91. The minimum atomic E-state index is -0.650. The topological polar surface area (TPSA) is 119 Å². The number of carbonyl (C=O) groups is 2. The molecule has 1 aromatic carbocycles. The Balaban J connectivity index is 2.37. The third-order valence-electron chi connectivity index (χ3n) is 3.21. The van der Waals surface area contributed by atoms with E-state index in [1.54, 1.807) is 31.2 Å². The molecule has 0 unspecified atom stereocenters. The molecule has 0 spiro atoms. The van der Waals surface area contributed by atoms with Gasteiger partial charge >= 0.3 is 12.1 Å². The van der Waals surface area contributed by atoms with Crippen molar-refractivity contribution >= 4 is 23.4 Å². The summed E-state index contributed by atoms with van der Waals surface area (Å²) in [5.74, 6) is -0.650. The molecule has 124 valence electrons. The number of nitrogens with zero attached hydrogens (tertiary/aromatic N) is 2. The number of nitrogens with one attached hydrogen (secondary N) is 1. The number of hydrogen-bond donors (Lipinski definition) is 2. The lowest BCUT2D eigenvalue weighted by Gasteiger charge is -2.10. The molecule has 2 rings (SSSR count). The van der Waals surface area contributed by atoms with Crippen LogP contribution in [0.15, 0.2) is 30.5 Å². The van der Waals surface area contributed by atoms with Crippen LogP contribution in [-0.4, -0.2) is 30.3 Å². The number of ether oxygens (including phenoxy) is 2. The van der Waals surface area contributed by atoms with E-state index in [2.05, 4.69) is 5.32 Å². The Morgan fingerprint density at radius 3 is 2.54 bits per heavy atom. The number of aromatic nitrogens is 1. The molecular weight excluding hydrogens is 312 g/mol. The van der Waals surface area contributed by atoms with Gasteiger partial charge in [0.25, 0.3) is 0 Å². The molecule has 0 radical (unpaired) electrons. The van der Waals surface area contributed by atoms with Crippen molar-refractivity contribution in [2.24, 2.45) is 0 Å². The molecule has 0 saturated heterocycles. The van der Waals surface area contributed by atoms with Gasteiger partial charge in [0.1, 0.15) is 6.07 Å². The van der Waals surface area contributed by atoms with Crippen LogP contribution >= 0.6 is 0 Å². The molecule has 1 heterocycles. The molecule has 8 heteroatoms. The van der Waals surface area contributed by atoms with Gasteiger partial charge in [-0.2, -0.15) is 5.26 Å². The molecule has 0 bridgehead atoms. The molecule has 0 aliphatic heterocycles. The molecule has 0 aliphatic carbocycles. The maximum Gasteiger partial charge on any atom is 0.411 e. The van der Waals surface area contributed by atoms with Gasteiger partial charge in [0.05, 0.1) is 25.0 Å². The van der Waals surface area contributed by atoms with Crippen LogP contribution < -0.4 is 11.1 Å². The number of rotatable bonds is 4. The maximum atomic E-state index is 11.9. The van der Waals surface area contributed by atoms with Crippen LogP contribution in [0.5, 0.6) is 0 Å². The van der Waals surface area contributed by atoms with Gasteiger partial charge in [-0.1, -0.05) is 0 Å². The number of amides is 1. The number of nitriles is 1. The summed E-state index contributed by atoms with van der Waals surface area (Å²) in [5, 5.41) is 11.7. The highest BCUT2D eigenvalue weighted by Gasteiger charge is 2.21. The molecule has 8 nitrogen and oxygen atoms in total. The second-order valence-electron chi connectivity index (χ2n) is 4.67. The number of methoxy groups -OCH3 is 1. The van der Waals surface area contributed by atoms with Gasteiger partial charge in [-0.25, -0.2) is 9.59 Å². The number of nitrogen functional groups attached to an aromatic ring is 1. The van der Waals surface area contributed by atoms with E-state index >= 15 is 0 Å². The first kappa shape index (κ1) is 16.9. The SMILES string of the molecule is CCOC(=O)Nc1ccc(-n2cc(C#N)c(N)c2C(=O)OC)cc1. The summed E-state index contributed by atoms with van der Waals surface area (Å²) in [6, 6.07) is 8.52. The van der Waals surface area contributed by atoms with Crippen LogP contribution in [0.2, 0.25) is 0 Å². The Morgan fingerprint density at radius 2 is 2.00 bits per heavy atom. The summed E-state index contributed by atoms with van der Waals surface area (Å²) < 4.78 is 11.0. The number of nitrogens with two attached hydrogens (primary N) is 1. The zero-order chi connectivity index (χ0) is 17.7. The first-order chi connectivity index (χ1) is 11.5. The van der Waals surface area contributed by atoms with E-state index < -0.39 is 12.1 Å². The minimum Gasteiger partial charge on any atom is -0.464 e. The van der Waals surface area contributed by atoms with E-state index in [0.717, 1.165) is 0 Å². The number of benzene rings is 1. The highest BCUT2D eigenvalue weighted by Crippen LogP contribution is 2.25. The Morgan fingerprint density at radius 1 is 1.33 bits per heavy atom. The Bertz CT molecular complexity index is 803. The lowest BCUT2D eigenvalue weighted by Crippen LogP contribution is -2.13. The fourth-order valence-corrected chi connectivity index (χ4v) is 2.11. The van der Waals surface area contributed by atoms with Gasteiger partial charge in [0.2, 0.25) is 0 Å². The second-order valence-corrected chi connectivity index (χ2v) is 4.67. The number of hydrogen-bond acceptors (Lipinski definition) is 6. The van der Waals surface area contributed by atoms with Crippen LogP contribution in [0.1, 0.15) is 23.0 Å². The van der Waals surface area contributed by atoms with Gasteiger partial charge in [-0.15, -0.1) is 0 Å². The zero-order valence-corrected chi connectivity index (χ0v) is 13.2. The number of anilines is 2. The molecule has 0 saturated carbocycles. The molecule has 3 N–H and O–H groups in total. The van der Waals surface area contributed by atoms with Crippen LogP contribution in [-0.2, 0) is 9.47 Å². The van der Waals surface area contributed by atoms with Crippen molar-refractivity contribution in [3.63, 3.8) is 0 Å². The first-order valence-corrected chi connectivity index (χ1v) is 7.05. The number of esters is 1. The van der Waals surface area contributed by atoms with Gasteiger partial charge < -0.3 is 19.8 Å². The molecule has 2 aromatic rings. The molecule has 1 amide bonds. The summed E-state index contributed by atoms with van der Waals surface area (Å²) >= 11 is 0. The Kier molecular flexibility index (Phi) is 5.06. The lowest BCUT2D eigenvalue weighted by atomic mass is 10.2. The first-order valence-electron chi connectivity index (χ1n) is 7.05. The summed E-state index contributed by atoms with van der Waals surface area (Å²) in [6.45, 7) is 1.98. The van der Waals surface area contributed by atoms with Crippen molar-refractivity contribution < 1.29 is 19.1 Å². The van der Waals surface area contributed by atoms with Crippen molar-refractivity contribution in [1.82, 2.24) is 4.57 Å². The molecule has 0 atom stereocenters. The van der Waals surface area contributed by atoms with E-state index in [0.29, 0.717) is 11.4 Å². The molecule has 0 aliphatic rings. The summed E-state index contributed by atoms with van der Waals surface area (Å²) in [4.78, 5) is 23.3. The Labute approximate surface area is 138 Å². The third kappa shape index (κ3) is 3.30. The van der Waals surface area contributed by atoms with Gasteiger partial charge in [0, 0.05) is 17.6 Å². The van der Waals surface area contributed by atoms with Crippen LogP contribution in [0.3, 0.4) is 0 Å². The van der Waals surface area contributed by atoms with Crippen LogP contribution in [0, 0.1) is 11.3 Å². The fraction of sp³-hybridized carbons (Fsp3) is 0.188. The molecular formula is C16H16N4O4. The summed E-state index contributed by atoms with van der Waals surface area (Å²) in [5.41, 5.74) is 7.24. The highest BCUT2D eigenvalue weighted by molar-refractivity contribution is 5.96. The molecule has 0 fully saturated rings.